The van der Waals surface area contributed by atoms with Crippen LogP contribution in [0.2, 0.25) is 0 Å². The number of carbonyl (C=O) groups is 1. The summed E-state index contributed by atoms with van der Waals surface area (Å²) in [7, 11) is 7.93. The summed E-state index contributed by atoms with van der Waals surface area (Å²) >= 11 is 0. The van der Waals surface area contributed by atoms with Gasteiger partial charge in [-0.15, -0.1) is 0 Å². The molecule has 3 heterocycles. The molecule has 0 aliphatic carbocycles. The lowest BCUT2D eigenvalue weighted by Crippen LogP contribution is -2.67. The zero-order valence-electron chi connectivity index (χ0n) is 22.2. The number of aliphatic hydroxyl groups excluding tert-OH is 1. The molecule has 10 heteroatoms. The van der Waals surface area contributed by atoms with Crippen molar-refractivity contribution in [2.45, 2.75) is 50.9 Å². The summed E-state index contributed by atoms with van der Waals surface area (Å²) < 4.78 is 22.6. The van der Waals surface area contributed by atoms with Gasteiger partial charge in [0.15, 0.2) is 23.0 Å². The molecule has 3 aliphatic heterocycles. The van der Waals surface area contributed by atoms with Crippen LogP contribution in [-0.4, -0.2) is 85.2 Å². The number of benzene rings is 2. The van der Waals surface area contributed by atoms with Crippen LogP contribution in [0.15, 0.2) is 0 Å². The number of fused-ring (bicyclic) bond motifs is 7. The Morgan fingerprint density at radius 3 is 2.00 bits per heavy atom. The summed E-state index contributed by atoms with van der Waals surface area (Å²) in [5, 5.41) is 33.3. The minimum atomic E-state index is -0.770. The van der Waals surface area contributed by atoms with E-state index in [1.165, 1.54) is 21.3 Å². The van der Waals surface area contributed by atoms with E-state index >= 15 is 0 Å². The molecular formula is C27H34N2O8. The highest BCUT2D eigenvalue weighted by molar-refractivity contribution is 5.87. The van der Waals surface area contributed by atoms with Gasteiger partial charge in [-0.2, -0.15) is 0 Å². The molecule has 0 spiro atoms. The molecule has 2 aromatic carbocycles. The third-order valence-electron chi connectivity index (χ3n) is 8.46. The van der Waals surface area contributed by atoms with Crippen molar-refractivity contribution in [2.75, 3.05) is 42.1 Å². The number of piperazine rings is 1. The van der Waals surface area contributed by atoms with Crippen LogP contribution in [0.5, 0.6) is 34.5 Å². The van der Waals surface area contributed by atoms with Crippen molar-refractivity contribution in [3.63, 3.8) is 0 Å². The van der Waals surface area contributed by atoms with Crippen LogP contribution < -0.4 is 18.9 Å². The molecule has 4 atom stereocenters. The number of aromatic hydroxyl groups is 2. The lowest BCUT2D eigenvalue weighted by atomic mass is 9.73. The zero-order valence-corrected chi connectivity index (χ0v) is 22.2. The molecule has 0 radical (unpaired) electrons. The van der Waals surface area contributed by atoms with Gasteiger partial charge < -0.3 is 39.2 Å². The van der Waals surface area contributed by atoms with E-state index in [0.29, 0.717) is 57.2 Å². The zero-order chi connectivity index (χ0) is 26.9. The van der Waals surface area contributed by atoms with Crippen molar-refractivity contribution in [2.24, 2.45) is 0 Å². The monoisotopic (exact) mass is 514 g/mol. The number of hydrogen-bond donors (Lipinski definition) is 3. The molecule has 2 aromatic rings. The molecule has 0 aromatic heterocycles. The first-order chi connectivity index (χ1) is 17.7. The van der Waals surface area contributed by atoms with Crippen LogP contribution in [-0.2, 0) is 17.6 Å². The number of rotatable bonds is 5. The van der Waals surface area contributed by atoms with E-state index in [-0.39, 0.29) is 30.4 Å². The normalized spacial score (nSPS) is 24.2. The Bertz CT molecular complexity index is 1290. The fourth-order valence-electron chi connectivity index (χ4n) is 6.91. The van der Waals surface area contributed by atoms with Gasteiger partial charge in [-0.3, -0.25) is 9.69 Å². The van der Waals surface area contributed by atoms with E-state index in [1.54, 1.807) is 18.9 Å². The van der Waals surface area contributed by atoms with Crippen LogP contribution in [0.1, 0.15) is 45.5 Å². The Kier molecular flexibility index (Phi) is 6.07. The molecule has 0 saturated carbocycles. The second kappa shape index (κ2) is 8.88. The van der Waals surface area contributed by atoms with Crippen LogP contribution in [0, 0.1) is 13.8 Å². The van der Waals surface area contributed by atoms with E-state index in [2.05, 4.69) is 0 Å². The lowest BCUT2D eigenvalue weighted by Gasteiger charge is -2.57. The molecule has 3 aliphatic rings. The first-order valence-electron chi connectivity index (χ1n) is 12.3. The number of aliphatic hydroxyl groups is 1. The van der Waals surface area contributed by atoms with Gasteiger partial charge in [-0.05, 0) is 27.3 Å². The van der Waals surface area contributed by atoms with Gasteiger partial charge in [0.25, 0.3) is 0 Å². The summed E-state index contributed by atoms with van der Waals surface area (Å²) in [4.78, 5) is 17.8. The highest BCUT2D eigenvalue weighted by Gasteiger charge is 2.56. The highest BCUT2D eigenvalue weighted by atomic mass is 16.5. The number of nitrogens with zero attached hydrogens (tertiary/aromatic N) is 2. The predicted molar refractivity (Wildman–Crippen MR) is 134 cm³/mol. The molecule has 2 bridgehead atoms. The van der Waals surface area contributed by atoms with Gasteiger partial charge in [-0.1, -0.05) is 0 Å². The number of amides is 1. The van der Waals surface area contributed by atoms with Crippen LogP contribution >= 0.6 is 0 Å². The Morgan fingerprint density at radius 1 is 0.811 bits per heavy atom. The topological polar surface area (TPSA) is 121 Å². The number of phenols is 2. The third kappa shape index (κ3) is 3.15. The summed E-state index contributed by atoms with van der Waals surface area (Å²) in [5.74, 6) is 1.59. The molecule has 37 heavy (non-hydrogen) atoms. The second-order valence-electron chi connectivity index (χ2n) is 9.91. The maximum atomic E-state index is 14.1. The summed E-state index contributed by atoms with van der Waals surface area (Å²) in [6.45, 7) is 3.19. The fourth-order valence-corrected chi connectivity index (χ4v) is 6.91. The Morgan fingerprint density at radius 2 is 1.43 bits per heavy atom. The van der Waals surface area contributed by atoms with Gasteiger partial charge in [-0.25, -0.2) is 0 Å². The average molecular weight is 515 g/mol. The predicted octanol–water partition coefficient (Wildman–Crippen LogP) is 2.15. The largest absolute Gasteiger partial charge is 0.507 e. The maximum Gasteiger partial charge on any atom is 0.241 e. The minimum Gasteiger partial charge on any atom is -0.507 e. The smallest absolute Gasteiger partial charge is 0.241 e. The second-order valence-corrected chi connectivity index (χ2v) is 9.91. The number of hydrogen-bond acceptors (Lipinski definition) is 9. The Hall–Kier alpha value is -3.37. The molecule has 0 unspecified atom stereocenters. The van der Waals surface area contributed by atoms with E-state index in [1.807, 2.05) is 18.9 Å². The third-order valence-corrected chi connectivity index (χ3v) is 8.46. The van der Waals surface area contributed by atoms with Crippen LogP contribution in [0.3, 0.4) is 0 Å². The summed E-state index contributed by atoms with van der Waals surface area (Å²) in [6.07, 6.45) is 0.611. The maximum absolute atomic E-state index is 14.1. The summed E-state index contributed by atoms with van der Waals surface area (Å²) in [5.41, 5.74) is 3.73. The highest BCUT2D eigenvalue weighted by Crippen LogP contribution is 2.57. The molecule has 10 nitrogen and oxygen atoms in total. The number of ether oxygens (including phenoxy) is 4. The molecule has 1 saturated heterocycles. The number of methoxy groups -OCH3 is 4. The minimum absolute atomic E-state index is 0.0134. The summed E-state index contributed by atoms with van der Waals surface area (Å²) in [6, 6.07) is -2.24. The molecule has 1 fully saturated rings. The first-order valence-corrected chi connectivity index (χ1v) is 12.3. The Balaban J connectivity index is 1.80. The molecule has 1 amide bonds. The van der Waals surface area contributed by atoms with E-state index in [9.17, 15) is 20.1 Å². The molecular weight excluding hydrogens is 480 g/mol. The van der Waals surface area contributed by atoms with Crippen molar-refractivity contribution >= 4 is 5.91 Å². The number of phenolic OH excluding ortho intramolecular Hbond substituents is 2. The van der Waals surface area contributed by atoms with E-state index in [4.69, 9.17) is 18.9 Å². The van der Waals surface area contributed by atoms with Gasteiger partial charge in [0.05, 0.1) is 59.2 Å². The van der Waals surface area contributed by atoms with Crippen molar-refractivity contribution < 1.29 is 39.1 Å². The number of likely N-dealkylation sites (N-methyl/N-ethyl adjacent to an activating group) is 1. The first kappa shape index (κ1) is 25.3. The van der Waals surface area contributed by atoms with Crippen LogP contribution in [0.25, 0.3) is 0 Å². The average Bonchev–Trinajstić information content (AvgIpc) is 2.88. The van der Waals surface area contributed by atoms with Crippen molar-refractivity contribution in [3.8, 4) is 34.5 Å². The van der Waals surface area contributed by atoms with Gasteiger partial charge >= 0.3 is 0 Å². The van der Waals surface area contributed by atoms with Crippen molar-refractivity contribution in [1.29, 1.82) is 0 Å². The fraction of sp³-hybridized carbons (Fsp3) is 0.519. The van der Waals surface area contributed by atoms with Gasteiger partial charge in [0.1, 0.15) is 11.5 Å². The van der Waals surface area contributed by atoms with Crippen LogP contribution in [0.4, 0.5) is 0 Å². The van der Waals surface area contributed by atoms with Gasteiger partial charge in [0.2, 0.25) is 5.91 Å². The van der Waals surface area contributed by atoms with Gasteiger partial charge in [0, 0.05) is 39.8 Å². The SMILES string of the molecule is COc1c(C)c(OC)c2c(c1O)[C@@H]1[C@@H]3Cc4c(O)c(C)c(OC)c(OC)c4[C@H](CO)N3C(=O)[C@H](C2)N1C. The molecule has 5 rings (SSSR count). The molecule has 200 valence electrons. The molecule has 3 N–H and O–H groups in total. The van der Waals surface area contributed by atoms with Crippen molar-refractivity contribution in [3.05, 3.63) is 33.4 Å². The van der Waals surface area contributed by atoms with E-state index < -0.39 is 24.2 Å². The standard InChI is InChI=1S/C27H34N2O8/c1-11-21(31)13-8-15-20-19-14(23(34-4)12(2)24(35-5)22(19)32)9-16(28(20)3)27(33)29(15)17(10-30)18(13)26(37-7)25(11)36-6/h15-17,20,30-32H,8-10H2,1-7H3/t15-,16-,17-,20-/m0/s1. The van der Waals surface area contributed by atoms with Crippen molar-refractivity contribution in [1.82, 2.24) is 9.80 Å². The number of carbonyl (C=O) groups excluding carboxylic acids is 1. The Labute approximate surface area is 215 Å². The quantitative estimate of drug-likeness (QED) is 0.551. The van der Waals surface area contributed by atoms with E-state index in [0.717, 1.165) is 5.56 Å². The lowest BCUT2D eigenvalue weighted by molar-refractivity contribution is -0.158.